The van der Waals surface area contributed by atoms with Gasteiger partial charge in [0.2, 0.25) is 5.69 Å². The van der Waals surface area contributed by atoms with E-state index in [-0.39, 0.29) is 4.75 Å². The fourth-order valence-electron chi connectivity index (χ4n) is 1.56. The van der Waals surface area contributed by atoms with Crippen molar-refractivity contribution < 1.29 is 9.79 Å². The highest BCUT2D eigenvalue weighted by molar-refractivity contribution is 8.67. The van der Waals surface area contributed by atoms with E-state index in [1.165, 1.54) is 11.4 Å². The van der Waals surface area contributed by atoms with Gasteiger partial charge in [-0.1, -0.05) is 38.1 Å². The van der Waals surface area contributed by atoms with Crippen LogP contribution >= 0.6 is 17.1 Å². The minimum Gasteiger partial charge on any atom is -0.338 e. The van der Waals surface area contributed by atoms with Crippen LogP contribution in [0.5, 0.6) is 0 Å². The number of hydrogen-bond donors (Lipinski definition) is 2. The molecule has 0 aromatic rings. The van der Waals surface area contributed by atoms with Gasteiger partial charge in [-0.15, -0.1) is 0 Å². The van der Waals surface area contributed by atoms with Gasteiger partial charge in [-0.25, -0.2) is 0 Å². The van der Waals surface area contributed by atoms with E-state index in [9.17, 15) is 9.79 Å². The van der Waals surface area contributed by atoms with Gasteiger partial charge in [0.25, 0.3) is 0 Å². The second-order valence-corrected chi connectivity index (χ2v) is 9.98. The maximum atomic E-state index is 9.25. The Labute approximate surface area is 90.0 Å². The van der Waals surface area contributed by atoms with E-state index in [0.717, 1.165) is 25.7 Å². The molecule has 0 radical (unpaired) electrons. The molecule has 0 aliphatic carbocycles. The highest BCUT2D eigenvalue weighted by Crippen LogP contribution is 2.59. The Morgan fingerprint density at radius 3 is 1.85 bits per heavy atom. The standard InChI is InChI=1S/C8H19O2PS2/c1-4-6-8(3,7-5-2)13-11(9,10)12/h4-7H2,1-3H3,(H2,9,10,12). The van der Waals surface area contributed by atoms with E-state index < -0.39 is 5.69 Å². The first-order valence-electron chi connectivity index (χ1n) is 4.59. The molecule has 0 bridgehead atoms. The first kappa shape index (κ1) is 13.9. The Bertz CT molecular complexity index is 185. The second-order valence-electron chi connectivity index (χ2n) is 3.53. The Morgan fingerprint density at radius 2 is 1.62 bits per heavy atom. The zero-order chi connectivity index (χ0) is 10.5. The topological polar surface area (TPSA) is 40.5 Å². The maximum absolute atomic E-state index is 9.25. The lowest BCUT2D eigenvalue weighted by molar-refractivity contribution is 0.494. The van der Waals surface area contributed by atoms with Crippen LogP contribution in [0.25, 0.3) is 0 Å². The molecule has 0 saturated carbocycles. The Balaban J connectivity index is 4.31. The fourth-order valence-corrected chi connectivity index (χ4v) is 6.62. The van der Waals surface area contributed by atoms with Gasteiger partial charge in [0.1, 0.15) is 0 Å². The first-order chi connectivity index (χ1) is 5.83. The first-order valence-corrected chi connectivity index (χ1v) is 8.72. The molecule has 0 unspecified atom stereocenters. The molecule has 0 heterocycles. The summed E-state index contributed by atoms with van der Waals surface area (Å²) in [4.78, 5) is 18.5. The smallest absolute Gasteiger partial charge is 0.242 e. The van der Waals surface area contributed by atoms with Crippen LogP contribution in [0.4, 0.5) is 0 Å². The zero-order valence-electron chi connectivity index (χ0n) is 8.49. The summed E-state index contributed by atoms with van der Waals surface area (Å²) in [6.45, 7) is 6.28. The monoisotopic (exact) mass is 242 g/mol. The van der Waals surface area contributed by atoms with Gasteiger partial charge in [-0.2, -0.15) is 0 Å². The molecule has 0 aromatic carbocycles. The van der Waals surface area contributed by atoms with Crippen LogP contribution < -0.4 is 0 Å². The third-order valence-corrected chi connectivity index (χ3v) is 5.69. The summed E-state index contributed by atoms with van der Waals surface area (Å²) >= 11 is 5.84. The third kappa shape index (κ3) is 6.92. The molecule has 0 aromatic heterocycles. The van der Waals surface area contributed by atoms with Crippen LogP contribution in [0.1, 0.15) is 46.5 Å². The highest BCUT2D eigenvalue weighted by atomic mass is 32.9. The Morgan fingerprint density at radius 1 is 1.23 bits per heavy atom. The normalized spacial score (nSPS) is 13.3. The zero-order valence-corrected chi connectivity index (χ0v) is 11.0. The van der Waals surface area contributed by atoms with Crippen LogP contribution in [0.2, 0.25) is 0 Å². The molecule has 5 heteroatoms. The third-order valence-electron chi connectivity index (χ3n) is 1.90. The molecule has 0 amide bonds. The lowest BCUT2D eigenvalue weighted by Crippen LogP contribution is -2.18. The number of rotatable bonds is 6. The summed E-state index contributed by atoms with van der Waals surface area (Å²) in [6, 6.07) is 0. The molecular formula is C8H19O2PS2. The molecule has 13 heavy (non-hydrogen) atoms. The van der Waals surface area contributed by atoms with Gasteiger partial charge in [-0.05, 0) is 31.6 Å². The van der Waals surface area contributed by atoms with Gasteiger partial charge in [0, 0.05) is 4.75 Å². The molecule has 0 aliphatic heterocycles. The van der Waals surface area contributed by atoms with Crippen molar-refractivity contribution in [2.75, 3.05) is 0 Å². The van der Waals surface area contributed by atoms with Crippen molar-refractivity contribution in [2.45, 2.75) is 51.2 Å². The average molecular weight is 242 g/mol. The predicted molar refractivity (Wildman–Crippen MR) is 64.5 cm³/mol. The van der Waals surface area contributed by atoms with Gasteiger partial charge in [-0.3, -0.25) is 0 Å². The van der Waals surface area contributed by atoms with Crippen LogP contribution in [-0.4, -0.2) is 14.5 Å². The lowest BCUT2D eigenvalue weighted by Gasteiger charge is -2.29. The van der Waals surface area contributed by atoms with Crippen LogP contribution in [0, 0.1) is 0 Å². The van der Waals surface area contributed by atoms with E-state index in [1.54, 1.807) is 0 Å². The van der Waals surface area contributed by atoms with Crippen molar-refractivity contribution in [1.29, 1.82) is 0 Å². The van der Waals surface area contributed by atoms with E-state index >= 15 is 0 Å². The van der Waals surface area contributed by atoms with Gasteiger partial charge >= 0.3 is 0 Å². The molecule has 0 rings (SSSR count). The van der Waals surface area contributed by atoms with Crippen molar-refractivity contribution in [2.24, 2.45) is 0 Å². The minimum absolute atomic E-state index is 0.0530. The summed E-state index contributed by atoms with van der Waals surface area (Å²) in [5.41, 5.74) is -3.10. The Kier molecular flexibility index (Phi) is 6.12. The van der Waals surface area contributed by atoms with E-state index in [0.29, 0.717) is 0 Å². The largest absolute Gasteiger partial charge is 0.338 e. The van der Waals surface area contributed by atoms with Gasteiger partial charge in [0.05, 0.1) is 0 Å². The SMILES string of the molecule is CCCC(C)(CCC)SP(O)(O)=S. The summed E-state index contributed by atoms with van der Waals surface area (Å²) in [5.74, 6) is 0. The van der Waals surface area contributed by atoms with Crippen molar-refractivity contribution >= 4 is 28.9 Å². The molecule has 0 aliphatic rings. The van der Waals surface area contributed by atoms with Crippen molar-refractivity contribution in [3.8, 4) is 0 Å². The van der Waals surface area contributed by atoms with E-state index in [1.807, 2.05) is 0 Å². The number of hydrogen-bond acceptors (Lipinski definition) is 2. The Hall–Kier alpha value is 0.920. The minimum atomic E-state index is -3.10. The molecule has 80 valence electrons. The van der Waals surface area contributed by atoms with Crippen LogP contribution in [0.15, 0.2) is 0 Å². The average Bonchev–Trinajstić information content (AvgIpc) is 1.82. The van der Waals surface area contributed by atoms with E-state index in [2.05, 4.69) is 32.6 Å². The van der Waals surface area contributed by atoms with Gasteiger partial charge < -0.3 is 9.79 Å². The second kappa shape index (κ2) is 5.72. The molecule has 0 saturated heterocycles. The molecule has 2 N–H and O–H groups in total. The molecular weight excluding hydrogens is 223 g/mol. The van der Waals surface area contributed by atoms with Crippen molar-refractivity contribution in [3.63, 3.8) is 0 Å². The molecule has 0 fully saturated rings. The quantitative estimate of drug-likeness (QED) is 0.701. The van der Waals surface area contributed by atoms with Crippen molar-refractivity contribution in [1.82, 2.24) is 0 Å². The van der Waals surface area contributed by atoms with Crippen LogP contribution in [-0.2, 0) is 11.8 Å². The van der Waals surface area contributed by atoms with Gasteiger partial charge in [0.15, 0.2) is 0 Å². The lowest BCUT2D eigenvalue weighted by atomic mass is 10.00. The summed E-state index contributed by atoms with van der Waals surface area (Å²) in [5, 5.41) is 0. The molecule has 2 nitrogen and oxygen atoms in total. The molecule has 0 spiro atoms. The summed E-state index contributed by atoms with van der Waals surface area (Å²) in [6.07, 6.45) is 4.09. The molecule has 0 atom stereocenters. The summed E-state index contributed by atoms with van der Waals surface area (Å²) < 4.78 is -0.0530. The highest BCUT2D eigenvalue weighted by Gasteiger charge is 2.29. The van der Waals surface area contributed by atoms with E-state index in [4.69, 9.17) is 0 Å². The van der Waals surface area contributed by atoms with Crippen molar-refractivity contribution in [3.05, 3.63) is 0 Å². The maximum Gasteiger partial charge on any atom is 0.242 e. The predicted octanol–water partition coefficient (Wildman–Crippen LogP) is 3.29. The van der Waals surface area contributed by atoms with Crippen LogP contribution in [0.3, 0.4) is 0 Å². The fraction of sp³-hybridized carbons (Fsp3) is 1.00. The summed E-state index contributed by atoms with van der Waals surface area (Å²) in [7, 11) is 0.